The normalized spacial score (nSPS) is 27.0. The maximum atomic E-state index is 6.31. The third kappa shape index (κ3) is 2.37. The average molecular weight is 258 g/mol. The summed E-state index contributed by atoms with van der Waals surface area (Å²) in [5.74, 6) is 1.29. The van der Waals surface area contributed by atoms with E-state index in [0.29, 0.717) is 21.9 Å². The molecule has 2 rings (SSSR count). The van der Waals surface area contributed by atoms with Crippen LogP contribution in [0.1, 0.15) is 37.8 Å². The van der Waals surface area contributed by atoms with Gasteiger partial charge >= 0.3 is 0 Å². The number of hydrogen-bond acceptors (Lipinski definition) is 1. The highest BCUT2D eigenvalue weighted by Gasteiger charge is 2.29. The summed E-state index contributed by atoms with van der Waals surface area (Å²) in [5, 5.41) is 1.19. The van der Waals surface area contributed by atoms with Gasteiger partial charge in [0.2, 0.25) is 0 Å². The van der Waals surface area contributed by atoms with Crippen LogP contribution in [0.5, 0.6) is 0 Å². The maximum Gasteiger partial charge on any atom is 0.0595 e. The molecule has 1 aliphatic carbocycles. The summed E-state index contributed by atoms with van der Waals surface area (Å²) >= 11 is 11.9. The molecule has 0 bridgehead atoms. The van der Waals surface area contributed by atoms with Crippen LogP contribution in [0.25, 0.3) is 0 Å². The standard InChI is InChI=1S/C13H17Cl2N/c1-8-3-2-4-10(8)13(16)9-5-6-11(14)12(15)7-9/h5-8,10,13H,2-4,16H2,1H3. The molecule has 0 amide bonds. The number of halogens is 2. The highest BCUT2D eigenvalue weighted by Crippen LogP contribution is 2.39. The first-order chi connectivity index (χ1) is 7.59. The van der Waals surface area contributed by atoms with Gasteiger partial charge in [0.1, 0.15) is 0 Å². The first-order valence-electron chi connectivity index (χ1n) is 5.80. The van der Waals surface area contributed by atoms with Crippen molar-refractivity contribution in [1.82, 2.24) is 0 Å². The Hall–Kier alpha value is -0.240. The first-order valence-corrected chi connectivity index (χ1v) is 6.55. The Bertz CT molecular complexity index is 378. The molecule has 16 heavy (non-hydrogen) atoms. The second kappa shape index (κ2) is 4.95. The number of rotatable bonds is 2. The van der Waals surface area contributed by atoms with E-state index in [4.69, 9.17) is 28.9 Å². The molecule has 0 radical (unpaired) electrons. The Morgan fingerprint density at radius 1 is 1.25 bits per heavy atom. The van der Waals surface area contributed by atoms with Crippen LogP contribution in [-0.4, -0.2) is 0 Å². The molecule has 0 spiro atoms. The highest BCUT2D eigenvalue weighted by atomic mass is 35.5. The van der Waals surface area contributed by atoms with Gasteiger partial charge in [-0.05, 0) is 36.0 Å². The van der Waals surface area contributed by atoms with Crippen molar-refractivity contribution in [2.45, 2.75) is 32.2 Å². The number of hydrogen-bond donors (Lipinski definition) is 1. The van der Waals surface area contributed by atoms with E-state index >= 15 is 0 Å². The smallest absolute Gasteiger partial charge is 0.0595 e. The SMILES string of the molecule is CC1CCCC1C(N)c1ccc(Cl)c(Cl)c1. The van der Waals surface area contributed by atoms with Crippen molar-refractivity contribution in [3.05, 3.63) is 33.8 Å². The largest absolute Gasteiger partial charge is 0.324 e. The van der Waals surface area contributed by atoms with Crippen molar-refractivity contribution < 1.29 is 0 Å². The molecule has 1 aliphatic rings. The fourth-order valence-corrected chi connectivity index (χ4v) is 2.98. The molecule has 3 atom stereocenters. The summed E-state index contributed by atoms with van der Waals surface area (Å²) in [6.45, 7) is 2.29. The van der Waals surface area contributed by atoms with Crippen LogP contribution in [0.4, 0.5) is 0 Å². The maximum absolute atomic E-state index is 6.31. The Morgan fingerprint density at radius 3 is 2.56 bits per heavy atom. The van der Waals surface area contributed by atoms with Gasteiger partial charge in [0.25, 0.3) is 0 Å². The molecule has 1 aromatic carbocycles. The predicted molar refractivity (Wildman–Crippen MR) is 69.9 cm³/mol. The summed E-state index contributed by atoms with van der Waals surface area (Å²) in [7, 11) is 0. The average Bonchev–Trinajstić information content (AvgIpc) is 2.67. The van der Waals surface area contributed by atoms with Crippen molar-refractivity contribution in [2.24, 2.45) is 17.6 Å². The summed E-state index contributed by atoms with van der Waals surface area (Å²) in [5.41, 5.74) is 7.41. The number of benzene rings is 1. The molecule has 1 saturated carbocycles. The van der Waals surface area contributed by atoms with Crippen molar-refractivity contribution in [2.75, 3.05) is 0 Å². The van der Waals surface area contributed by atoms with Gasteiger partial charge in [0.05, 0.1) is 10.0 Å². The second-order valence-corrected chi connectivity index (χ2v) is 5.59. The molecule has 3 heteroatoms. The van der Waals surface area contributed by atoms with Crippen LogP contribution in [0.3, 0.4) is 0 Å². The summed E-state index contributed by atoms with van der Waals surface area (Å²) < 4.78 is 0. The minimum atomic E-state index is 0.0901. The van der Waals surface area contributed by atoms with Crippen molar-refractivity contribution in [3.8, 4) is 0 Å². The molecule has 88 valence electrons. The molecule has 1 aromatic rings. The van der Waals surface area contributed by atoms with Gasteiger partial charge in [-0.3, -0.25) is 0 Å². The van der Waals surface area contributed by atoms with Crippen molar-refractivity contribution in [1.29, 1.82) is 0 Å². The first kappa shape index (κ1) is 12.2. The van der Waals surface area contributed by atoms with Crippen molar-refractivity contribution >= 4 is 23.2 Å². The van der Waals surface area contributed by atoms with E-state index in [9.17, 15) is 0 Å². The molecule has 1 nitrogen and oxygen atoms in total. The second-order valence-electron chi connectivity index (χ2n) is 4.77. The van der Waals surface area contributed by atoms with Gasteiger partial charge < -0.3 is 5.73 Å². The van der Waals surface area contributed by atoms with Crippen LogP contribution in [0, 0.1) is 11.8 Å². The molecular formula is C13H17Cl2N. The van der Waals surface area contributed by atoms with E-state index in [2.05, 4.69) is 6.92 Å². The topological polar surface area (TPSA) is 26.0 Å². The Labute approximate surface area is 107 Å². The predicted octanol–water partition coefficient (Wildman–Crippen LogP) is 4.43. The third-order valence-electron chi connectivity index (χ3n) is 3.72. The lowest BCUT2D eigenvalue weighted by molar-refractivity contribution is 0.351. The number of nitrogens with two attached hydrogens (primary N) is 1. The fraction of sp³-hybridized carbons (Fsp3) is 0.538. The lowest BCUT2D eigenvalue weighted by Crippen LogP contribution is -2.23. The van der Waals surface area contributed by atoms with Crippen LogP contribution in [-0.2, 0) is 0 Å². The Kier molecular flexibility index (Phi) is 3.78. The molecule has 0 saturated heterocycles. The van der Waals surface area contributed by atoms with Gasteiger partial charge in [-0.25, -0.2) is 0 Å². The zero-order valence-electron chi connectivity index (χ0n) is 9.42. The molecule has 2 N–H and O–H groups in total. The van der Waals surface area contributed by atoms with E-state index in [1.54, 1.807) is 0 Å². The highest BCUT2D eigenvalue weighted by molar-refractivity contribution is 6.42. The monoisotopic (exact) mass is 257 g/mol. The van der Waals surface area contributed by atoms with E-state index in [0.717, 1.165) is 5.56 Å². The fourth-order valence-electron chi connectivity index (χ4n) is 2.67. The van der Waals surface area contributed by atoms with Crippen LogP contribution < -0.4 is 5.73 Å². The zero-order chi connectivity index (χ0) is 11.7. The van der Waals surface area contributed by atoms with Gasteiger partial charge in [-0.15, -0.1) is 0 Å². The quantitative estimate of drug-likeness (QED) is 0.834. The van der Waals surface area contributed by atoms with Crippen molar-refractivity contribution in [3.63, 3.8) is 0 Å². The van der Waals surface area contributed by atoms with E-state index in [1.165, 1.54) is 19.3 Å². The van der Waals surface area contributed by atoms with E-state index in [1.807, 2.05) is 18.2 Å². The van der Waals surface area contributed by atoms with Gasteiger partial charge in [-0.2, -0.15) is 0 Å². The molecule has 0 heterocycles. The molecule has 0 aromatic heterocycles. The molecular weight excluding hydrogens is 241 g/mol. The van der Waals surface area contributed by atoms with E-state index < -0.39 is 0 Å². The Morgan fingerprint density at radius 2 is 2.00 bits per heavy atom. The van der Waals surface area contributed by atoms with E-state index in [-0.39, 0.29) is 6.04 Å². The summed E-state index contributed by atoms with van der Waals surface area (Å²) in [6.07, 6.45) is 3.81. The van der Waals surface area contributed by atoms with Gasteiger partial charge in [0, 0.05) is 6.04 Å². The molecule has 1 fully saturated rings. The third-order valence-corrected chi connectivity index (χ3v) is 4.46. The minimum Gasteiger partial charge on any atom is -0.324 e. The lowest BCUT2D eigenvalue weighted by atomic mass is 9.86. The minimum absolute atomic E-state index is 0.0901. The van der Waals surface area contributed by atoms with Gasteiger partial charge in [0.15, 0.2) is 0 Å². The zero-order valence-corrected chi connectivity index (χ0v) is 10.9. The van der Waals surface area contributed by atoms with Crippen LogP contribution in [0.15, 0.2) is 18.2 Å². The molecule has 0 aliphatic heterocycles. The van der Waals surface area contributed by atoms with Gasteiger partial charge in [-0.1, -0.05) is 49.0 Å². The molecule has 3 unspecified atom stereocenters. The Balaban J connectivity index is 2.20. The summed E-state index contributed by atoms with van der Waals surface area (Å²) in [6, 6.07) is 5.81. The lowest BCUT2D eigenvalue weighted by Gasteiger charge is -2.23. The summed E-state index contributed by atoms with van der Waals surface area (Å²) in [4.78, 5) is 0. The van der Waals surface area contributed by atoms with Crippen LogP contribution in [0.2, 0.25) is 10.0 Å². The van der Waals surface area contributed by atoms with Crippen LogP contribution >= 0.6 is 23.2 Å².